The number of esters is 1. The molecular formula is C24H23N3O2S. The van der Waals surface area contributed by atoms with Gasteiger partial charge in [-0.15, -0.1) is 0 Å². The van der Waals surface area contributed by atoms with E-state index in [-0.39, 0.29) is 5.97 Å². The summed E-state index contributed by atoms with van der Waals surface area (Å²) < 4.78 is 7.30. The zero-order chi connectivity index (χ0) is 20.9. The zero-order valence-corrected chi connectivity index (χ0v) is 17.9. The second-order valence-corrected chi connectivity index (χ2v) is 7.95. The van der Waals surface area contributed by atoms with Gasteiger partial charge in [0.2, 0.25) is 0 Å². The molecule has 0 fully saturated rings. The molecule has 0 spiro atoms. The minimum absolute atomic E-state index is 0.326. The lowest BCUT2D eigenvalue weighted by Crippen LogP contribution is -2.05. The van der Waals surface area contributed by atoms with Gasteiger partial charge in [0.25, 0.3) is 0 Å². The van der Waals surface area contributed by atoms with Gasteiger partial charge in [-0.2, -0.15) is 0 Å². The highest BCUT2D eigenvalue weighted by Gasteiger charge is 2.15. The Morgan fingerprint density at radius 1 is 1.10 bits per heavy atom. The first kappa shape index (κ1) is 20.2. The summed E-state index contributed by atoms with van der Waals surface area (Å²) in [4.78, 5) is 21.5. The van der Waals surface area contributed by atoms with Crippen LogP contribution in [-0.4, -0.2) is 27.1 Å². The van der Waals surface area contributed by atoms with E-state index >= 15 is 0 Å². The molecule has 30 heavy (non-hydrogen) atoms. The number of imidazole rings is 1. The second kappa shape index (κ2) is 9.13. The summed E-state index contributed by atoms with van der Waals surface area (Å²) >= 11 is 1.69. The standard InChI is InChI=1S/C24H23N3O2S/c1-3-29-23(28)19-10-11-22-21(14-19)26-24(27(22)15-20-9-4-5-12-25-20)30-16-18-8-6-7-17(2)13-18/h4-14H,3,15-16H2,1-2H3. The smallest absolute Gasteiger partial charge is 0.338 e. The van der Waals surface area contributed by atoms with Crippen LogP contribution in [0.25, 0.3) is 11.0 Å². The molecule has 2 heterocycles. The van der Waals surface area contributed by atoms with Crippen molar-refractivity contribution in [1.29, 1.82) is 0 Å². The highest BCUT2D eigenvalue weighted by atomic mass is 32.2. The first-order valence-electron chi connectivity index (χ1n) is 9.89. The van der Waals surface area contributed by atoms with Gasteiger partial charge in [-0.05, 0) is 49.7 Å². The first-order valence-corrected chi connectivity index (χ1v) is 10.9. The minimum atomic E-state index is -0.326. The molecule has 2 aromatic carbocycles. The number of fused-ring (bicyclic) bond motifs is 1. The molecule has 0 atom stereocenters. The fourth-order valence-corrected chi connectivity index (χ4v) is 4.27. The molecule has 0 aliphatic carbocycles. The number of benzene rings is 2. The number of aryl methyl sites for hydroxylation is 1. The largest absolute Gasteiger partial charge is 0.462 e. The summed E-state index contributed by atoms with van der Waals surface area (Å²) in [5, 5.41) is 0.901. The maximum atomic E-state index is 12.1. The van der Waals surface area contributed by atoms with E-state index in [1.165, 1.54) is 11.1 Å². The van der Waals surface area contributed by atoms with Gasteiger partial charge in [0.05, 0.1) is 35.4 Å². The number of ether oxygens (including phenoxy) is 1. The molecule has 0 saturated heterocycles. The first-order chi connectivity index (χ1) is 14.6. The predicted molar refractivity (Wildman–Crippen MR) is 120 cm³/mol. The van der Waals surface area contributed by atoms with Gasteiger partial charge < -0.3 is 9.30 Å². The number of rotatable bonds is 7. The van der Waals surface area contributed by atoms with Crippen LogP contribution in [0.2, 0.25) is 0 Å². The van der Waals surface area contributed by atoms with E-state index in [1.807, 2.05) is 24.3 Å². The van der Waals surface area contributed by atoms with Crippen LogP contribution in [0.5, 0.6) is 0 Å². The Morgan fingerprint density at radius 2 is 2.00 bits per heavy atom. The monoisotopic (exact) mass is 417 g/mol. The number of hydrogen-bond acceptors (Lipinski definition) is 5. The molecule has 0 aliphatic rings. The molecule has 6 heteroatoms. The number of aromatic nitrogens is 3. The van der Waals surface area contributed by atoms with Crippen LogP contribution in [0, 0.1) is 6.92 Å². The van der Waals surface area contributed by atoms with Crippen molar-refractivity contribution in [2.75, 3.05) is 6.61 Å². The van der Waals surface area contributed by atoms with Gasteiger partial charge in [0.1, 0.15) is 0 Å². The predicted octanol–water partition coefficient (Wildman–Crippen LogP) is 5.26. The van der Waals surface area contributed by atoms with Crippen LogP contribution in [0.15, 0.2) is 72.0 Å². The van der Waals surface area contributed by atoms with Crippen LogP contribution in [-0.2, 0) is 17.0 Å². The lowest BCUT2D eigenvalue weighted by molar-refractivity contribution is 0.0526. The topological polar surface area (TPSA) is 57.0 Å². The van der Waals surface area contributed by atoms with Crippen molar-refractivity contribution in [2.24, 2.45) is 0 Å². The molecule has 5 nitrogen and oxygen atoms in total. The van der Waals surface area contributed by atoms with Crippen molar-refractivity contribution in [2.45, 2.75) is 31.3 Å². The number of thioether (sulfide) groups is 1. The number of pyridine rings is 1. The maximum absolute atomic E-state index is 12.1. The number of hydrogen-bond donors (Lipinski definition) is 0. The highest BCUT2D eigenvalue weighted by molar-refractivity contribution is 7.98. The van der Waals surface area contributed by atoms with Gasteiger partial charge in [0.15, 0.2) is 5.16 Å². The lowest BCUT2D eigenvalue weighted by Gasteiger charge is -2.09. The van der Waals surface area contributed by atoms with E-state index in [4.69, 9.17) is 9.72 Å². The fourth-order valence-electron chi connectivity index (χ4n) is 3.32. The molecule has 0 bridgehead atoms. The summed E-state index contributed by atoms with van der Waals surface area (Å²) in [5.74, 6) is 0.491. The number of carbonyl (C=O) groups excluding carboxylic acids is 1. The highest BCUT2D eigenvalue weighted by Crippen LogP contribution is 2.28. The number of nitrogens with zero attached hydrogens (tertiary/aromatic N) is 3. The normalized spacial score (nSPS) is 11.0. The Morgan fingerprint density at radius 3 is 2.77 bits per heavy atom. The van der Waals surface area contributed by atoms with E-state index in [0.717, 1.165) is 27.6 Å². The molecular weight excluding hydrogens is 394 g/mol. The third-order valence-corrected chi connectivity index (χ3v) is 5.77. The summed E-state index contributed by atoms with van der Waals surface area (Å²) in [5.41, 5.74) is 5.73. The van der Waals surface area contributed by atoms with Gasteiger partial charge in [0, 0.05) is 11.9 Å². The van der Waals surface area contributed by atoms with E-state index in [1.54, 1.807) is 37.0 Å². The summed E-state index contributed by atoms with van der Waals surface area (Å²) in [6.07, 6.45) is 1.80. The van der Waals surface area contributed by atoms with Gasteiger partial charge in [-0.1, -0.05) is 47.7 Å². The summed E-state index contributed by atoms with van der Waals surface area (Å²) in [6.45, 7) is 4.87. The van der Waals surface area contributed by atoms with Crippen LogP contribution < -0.4 is 0 Å². The van der Waals surface area contributed by atoms with Gasteiger partial charge in [-0.25, -0.2) is 9.78 Å². The summed E-state index contributed by atoms with van der Waals surface area (Å²) in [6, 6.07) is 19.9. The minimum Gasteiger partial charge on any atom is -0.462 e. The van der Waals surface area contributed by atoms with Crippen molar-refractivity contribution in [3.8, 4) is 0 Å². The Balaban J connectivity index is 1.70. The van der Waals surface area contributed by atoms with E-state index in [9.17, 15) is 4.79 Å². The van der Waals surface area contributed by atoms with Gasteiger partial charge >= 0.3 is 5.97 Å². The van der Waals surface area contributed by atoms with Crippen LogP contribution in [0.4, 0.5) is 0 Å². The molecule has 0 aliphatic heterocycles. The summed E-state index contributed by atoms with van der Waals surface area (Å²) in [7, 11) is 0. The molecule has 0 N–H and O–H groups in total. The van der Waals surface area contributed by atoms with Crippen molar-refractivity contribution in [3.05, 3.63) is 89.2 Å². The number of carbonyl (C=O) groups is 1. The molecule has 0 amide bonds. The molecule has 0 unspecified atom stereocenters. The Hall–Kier alpha value is -3.12. The van der Waals surface area contributed by atoms with Crippen LogP contribution >= 0.6 is 11.8 Å². The molecule has 0 saturated carbocycles. The Labute approximate surface area is 180 Å². The van der Waals surface area contributed by atoms with E-state index in [2.05, 4.69) is 40.7 Å². The lowest BCUT2D eigenvalue weighted by atomic mass is 10.2. The maximum Gasteiger partial charge on any atom is 0.338 e. The van der Waals surface area contributed by atoms with Crippen molar-refractivity contribution in [1.82, 2.24) is 14.5 Å². The Kier molecular flexibility index (Phi) is 6.14. The molecule has 4 aromatic rings. The molecule has 2 aromatic heterocycles. The zero-order valence-electron chi connectivity index (χ0n) is 17.0. The average Bonchev–Trinajstić information content (AvgIpc) is 3.10. The van der Waals surface area contributed by atoms with Crippen LogP contribution in [0.1, 0.15) is 34.1 Å². The second-order valence-electron chi connectivity index (χ2n) is 7.00. The van der Waals surface area contributed by atoms with Crippen molar-refractivity contribution < 1.29 is 9.53 Å². The van der Waals surface area contributed by atoms with Crippen molar-refractivity contribution in [3.63, 3.8) is 0 Å². The third kappa shape index (κ3) is 4.54. The van der Waals surface area contributed by atoms with E-state index < -0.39 is 0 Å². The Bertz CT molecular complexity index is 1170. The van der Waals surface area contributed by atoms with E-state index in [0.29, 0.717) is 18.7 Å². The third-order valence-electron chi connectivity index (χ3n) is 4.72. The quantitative estimate of drug-likeness (QED) is 0.303. The molecule has 0 radical (unpaired) electrons. The fraction of sp³-hybridized carbons (Fsp3) is 0.208. The van der Waals surface area contributed by atoms with Gasteiger partial charge in [-0.3, -0.25) is 4.98 Å². The molecule has 4 rings (SSSR count). The van der Waals surface area contributed by atoms with Crippen molar-refractivity contribution >= 4 is 28.8 Å². The SMILES string of the molecule is CCOC(=O)c1ccc2c(c1)nc(SCc1cccc(C)c1)n2Cc1ccccn1. The van der Waals surface area contributed by atoms with Crippen LogP contribution in [0.3, 0.4) is 0 Å². The average molecular weight is 418 g/mol. The molecule has 152 valence electrons.